The molecule has 0 aromatic heterocycles. The Morgan fingerprint density at radius 2 is 1.87 bits per heavy atom. The van der Waals surface area contributed by atoms with Crippen LogP contribution in [0.25, 0.3) is 0 Å². The predicted octanol–water partition coefficient (Wildman–Crippen LogP) is 4.75. The molecule has 9 heteroatoms. The van der Waals surface area contributed by atoms with Gasteiger partial charge in [0.25, 0.3) is 0 Å². The molecule has 1 saturated heterocycles. The number of ether oxygens (including phenoxy) is 1. The molecule has 1 aliphatic rings. The van der Waals surface area contributed by atoms with Gasteiger partial charge in [-0.05, 0) is 49.1 Å². The third-order valence-corrected chi connectivity index (χ3v) is 7.81. The Kier molecular flexibility index (Phi) is 7.63. The van der Waals surface area contributed by atoms with E-state index in [4.69, 9.17) is 27.9 Å². The average molecular weight is 471 g/mol. The van der Waals surface area contributed by atoms with E-state index in [2.05, 4.69) is 5.32 Å². The first-order valence-corrected chi connectivity index (χ1v) is 11.9. The van der Waals surface area contributed by atoms with Crippen molar-refractivity contribution in [1.82, 2.24) is 4.31 Å². The Hall–Kier alpha value is -1.80. The van der Waals surface area contributed by atoms with E-state index in [1.54, 1.807) is 24.3 Å². The van der Waals surface area contributed by atoms with Crippen LogP contribution in [-0.4, -0.2) is 38.8 Å². The van der Waals surface area contributed by atoms with Crippen LogP contribution >= 0.6 is 23.2 Å². The lowest BCUT2D eigenvalue weighted by Gasteiger charge is -2.26. The molecule has 2 aromatic carbocycles. The van der Waals surface area contributed by atoms with E-state index in [0.717, 1.165) is 24.8 Å². The summed E-state index contributed by atoms with van der Waals surface area (Å²) in [7, 11) is -2.28. The Labute approximate surface area is 187 Å². The number of hydrogen-bond donors (Lipinski definition) is 1. The molecule has 0 bridgehead atoms. The monoisotopic (exact) mass is 470 g/mol. The molecule has 2 aromatic rings. The Balaban J connectivity index is 1.74. The van der Waals surface area contributed by atoms with Crippen molar-refractivity contribution in [1.29, 1.82) is 0 Å². The SMILES string of the molecule is COc1ccc(NC(=O)CCc2cccc(Cl)c2Cl)cc1S(=O)(=O)N1CCCCC1. The van der Waals surface area contributed by atoms with Crippen LogP contribution in [0.3, 0.4) is 0 Å². The van der Waals surface area contributed by atoms with Crippen molar-refractivity contribution < 1.29 is 17.9 Å². The van der Waals surface area contributed by atoms with Gasteiger partial charge in [0.1, 0.15) is 10.6 Å². The van der Waals surface area contributed by atoms with Crippen molar-refractivity contribution in [3.8, 4) is 5.75 Å². The maximum atomic E-state index is 13.1. The number of anilines is 1. The average Bonchev–Trinajstić information content (AvgIpc) is 2.75. The van der Waals surface area contributed by atoms with Crippen LogP contribution in [0.2, 0.25) is 10.0 Å². The van der Waals surface area contributed by atoms with Gasteiger partial charge in [-0.3, -0.25) is 4.79 Å². The van der Waals surface area contributed by atoms with E-state index in [0.29, 0.717) is 35.2 Å². The highest BCUT2D eigenvalue weighted by molar-refractivity contribution is 7.89. The largest absolute Gasteiger partial charge is 0.495 e. The summed E-state index contributed by atoms with van der Waals surface area (Å²) in [5.41, 5.74) is 1.18. The van der Waals surface area contributed by atoms with Crippen LogP contribution in [0.4, 0.5) is 5.69 Å². The summed E-state index contributed by atoms with van der Waals surface area (Å²) >= 11 is 12.2. The van der Waals surface area contributed by atoms with E-state index in [-0.39, 0.29) is 23.0 Å². The van der Waals surface area contributed by atoms with Crippen molar-refractivity contribution in [2.24, 2.45) is 0 Å². The van der Waals surface area contributed by atoms with Crippen molar-refractivity contribution in [3.63, 3.8) is 0 Å². The zero-order chi connectivity index (χ0) is 21.7. The minimum absolute atomic E-state index is 0.0579. The van der Waals surface area contributed by atoms with Gasteiger partial charge >= 0.3 is 0 Å². The van der Waals surface area contributed by atoms with Crippen LogP contribution in [0, 0.1) is 0 Å². The molecular formula is C21H24Cl2N2O4S. The smallest absolute Gasteiger partial charge is 0.246 e. The third-order valence-electron chi connectivity index (χ3n) is 5.03. The summed E-state index contributed by atoms with van der Waals surface area (Å²) in [5.74, 6) is 0.00168. The lowest BCUT2D eigenvalue weighted by molar-refractivity contribution is -0.116. The van der Waals surface area contributed by atoms with E-state index in [1.165, 1.54) is 17.5 Å². The van der Waals surface area contributed by atoms with Crippen LogP contribution in [0.5, 0.6) is 5.75 Å². The van der Waals surface area contributed by atoms with E-state index in [1.807, 2.05) is 6.07 Å². The molecule has 1 heterocycles. The maximum absolute atomic E-state index is 13.1. The second-order valence-corrected chi connectivity index (χ2v) is 9.78. The van der Waals surface area contributed by atoms with E-state index in [9.17, 15) is 13.2 Å². The lowest BCUT2D eigenvalue weighted by Crippen LogP contribution is -2.35. The summed E-state index contributed by atoms with van der Waals surface area (Å²) in [6, 6.07) is 9.92. The van der Waals surface area contributed by atoms with Crippen LogP contribution < -0.4 is 10.1 Å². The summed E-state index contributed by atoms with van der Waals surface area (Å²) in [4.78, 5) is 12.5. The highest BCUT2D eigenvalue weighted by Gasteiger charge is 2.29. The molecule has 30 heavy (non-hydrogen) atoms. The zero-order valence-electron chi connectivity index (χ0n) is 16.7. The summed E-state index contributed by atoms with van der Waals surface area (Å²) < 4.78 is 32.9. The summed E-state index contributed by atoms with van der Waals surface area (Å²) in [5, 5.41) is 3.64. The number of halogens is 2. The molecule has 0 aliphatic carbocycles. The second-order valence-electron chi connectivity index (χ2n) is 7.09. The number of carbonyl (C=O) groups excluding carboxylic acids is 1. The fourth-order valence-corrected chi connectivity index (χ4v) is 5.53. The Bertz CT molecular complexity index is 1020. The van der Waals surface area contributed by atoms with Crippen LogP contribution in [0.15, 0.2) is 41.3 Å². The Morgan fingerprint density at radius 3 is 2.57 bits per heavy atom. The molecule has 1 amide bonds. The van der Waals surface area contributed by atoms with Gasteiger partial charge in [0.2, 0.25) is 15.9 Å². The first-order valence-electron chi connectivity index (χ1n) is 9.74. The lowest BCUT2D eigenvalue weighted by atomic mass is 10.1. The van der Waals surface area contributed by atoms with Gasteiger partial charge in [0, 0.05) is 25.2 Å². The number of hydrogen-bond acceptors (Lipinski definition) is 4. The molecule has 0 saturated carbocycles. The summed E-state index contributed by atoms with van der Waals surface area (Å²) in [6.45, 7) is 0.977. The molecule has 1 aliphatic heterocycles. The number of carbonyl (C=O) groups is 1. The van der Waals surface area contributed by atoms with Crippen LogP contribution in [-0.2, 0) is 21.2 Å². The minimum Gasteiger partial charge on any atom is -0.495 e. The van der Waals surface area contributed by atoms with E-state index < -0.39 is 10.0 Å². The molecule has 6 nitrogen and oxygen atoms in total. The first-order chi connectivity index (χ1) is 14.3. The third kappa shape index (κ3) is 5.27. The second kappa shape index (κ2) is 10.0. The van der Waals surface area contributed by atoms with E-state index >= 15 is 0 Å². The molecule has 0 unspecified atom stereocenters. The van der Waals surface area contributed by atoms with Crippen molar-refractivity contribution in [3.05, 3.63) is 52.0 Å². The number of aryl methyl sites for hydroxylation is 1. The number of rotatable bonds is 7. The van der Waals surface area contributed by atoms with Gasteiger partial charge in [0.05, 0.1) is 17.2 Å². The van der Waals surface area contributed by atoms with Gasteiger partial charge in [0.15, 0.2) is 0 Å². The minimum atomic E-state index is -3.70. The molecule has 3 rings (SSSR count). The van der Waals surface area contributed by atoms with Gasteiger partial charge in [-0.2, -0.15) is 4.31 Å². The highest BCUT2D eigenvalue weighted by atomic mass is 35.5. The van der Waals surface area contributed by atoms with Crippen molar-refractivity contribution in [2.45, 2.75) is 37.0 Å². The number of nitrogens with one attached hydrogen (secondary N) is 1. The normalized spacial score (nSPS) is 15.0. The number of nitrogens with zero attached hydrogens (tertiary/aromatic N) is 1. The number of amides is 1. The molecule has 1 N–H and O–H groups in total. The maximum Gasteiger partial charge on any atom is 0.246 e. The summed E-state index contributed by atoms with van der Waals surface area (Å²) in [6.07, 6.45) is 3.30. The topological polar surface area (TPSA) is 75.7 Å². The van der Waals surface area contributed by atoms with Gasteiger partial charge in [-0.25, -0.2) is 8.42 Å². The fourth-order valence-electron chi connectivity index (χ4n) is 3.41. The Morgan fingerprint density at radius 1 is 1.13 bits per heavy atom. The van der Waals surface area contributed by atoms with Gasteiger partial charge < -0.3 is 10.1 Å². The number of benzene rings is 2. The number of methoxy groups -OCH3 is 1. The molecule has 162 valence electrons. The predicted molar refractivity (Wildman–Crippen MR) is 119 cm³/mol. The molecular weight excluding hydrogens is 447 g/mol. The number of piperidine rings is 1. The molecule has 1 fully saturated rings. The van der Waals surface area contributed by atoms with Crippen molar-refractivity contribution >= 4 is 44.8 Å². The first kappa shape index (κ1) is 22.9. The molecule has 0 atom stereocenters. The molecule has 0 spiro atoms. The fraction of sp³-hybridized carbons (Fsp3) is 0.381. The molecule has 0 radical (unpaired) electrons. The quantitative estimate of drug-likeness (QED) is 0.633. The van der Waals surface area contributed by atoms with Gasteiger partial charge in [-0.1, -0.05) is 41.8 Å². The van der Waals surface area contributed by atoms with Crippen molar-refractivity contribution in [2.75, 3.05) is 25.5 Å². The van der Waals surface area contributed by atoms with Gasteiger partial charge in [-0.15, -0.1) is 0 Å². The standard InChI is InChI=1S/C21H24Cl2N2O4S/c1-29-18-10-9-16(14-19(18)30(27,28)25-12-3-2-4-13-25)24-20(26)11-8-15-6-5-7-17(22)21(15)23/h5-7,9-10,14H,2-4,8,11-13H2,1H3,(H,24,26). The zero-order valence-corrected chi connectivity index (χ0v) is 19.0. The number of sulfonamides is 1. The highest BCUT2D eigenvalue weighted by Crippen LogP contribution is 2.31. The van der Waals surface area contributed by atoms with Crippen LogP contribution in [0.1, 0.15) is 31.2 Å².